The largest absolute Gasteiger partial charge is 0.492 e. The second-order valence-electron chi connectivity index (χ2n) is 5.80. The third-order valence-electron chi connectivity index (χ3n) is 3.80. The number of aromatic nitrogens is 3. The molecular weight excluding hydrogens is 366 g/mol. The standard InChI is InChI=1S/C19H20ClN5O2/c1-3-27-16-7-5-4-6-15(16)22-19(26)21-12(2)17-23-18(25-24-17)13-8-10-14(20)11-9-13/h4-12H,3H2,1-2H3,(H2,21,22,26)(H,23,24,25)/t12-/m0/s1. The lowest BCUT2D eigenvalue weighted by molar-refractivity contribution is 0.248. The molecule has 0 bridgehead atoms. The Labute approximate surface area is 162 Å². The molecule has 1 heterocycles. The molecule has 0 saturated carbocycles. The van der Waals surface area contributed by atoms with Crippen LogP contribution in [-0.2, 0) is 0 Å². The Bertz CT molecular complexity index is 910. The van der Waals surface area contributed by atoms with Crippen LogP contribution in [0.1, 0.15) is 25.7 Å². The highest BCUT2D eigenvalue weighted by molar-refractivity contribution is 6.30. The van der Waals surface area contributed by atoms with E-state index in [1.165, 1.54) is 0 Å². The van der Waals surface area contributed by atoms with Gasteiger partial charge in [-0.25, -0.2) is 9.78 Å². The van der Waals surface area contributed by atoms with Crippen molar-refractivity contribution in [3.05, 3.63) is 59.4 Å². The molecule has 2 aromatic carbocycles. The zero-order valence-corrected chi connectivity index (χ0v) is 15.7. The Balaban J connectivity index is 1.64. The van der Waals surface area contributed by atoms with Crippen molar-refractivity contribution in [3.8, 4) is 17.1 Å². The normalized spacial score (nSPS) is 11.7. The van der Waals surface area contributed by atoms with E-state index in [0.717, 1.165) is 5.56 Å². The summed E-state index contributed by atoms with van der Waals surface area (Å²) in [5.74, 6) is 1.71. The Kier molecular flexibility index (Phi) is 5.93. The molecule has 2 amide bonds. The number of rotatable bonds is 6. The number of ether oxygens (including phenoxy) is 1. The van der Waals surface area contributed by atoms with Crippen molar-refractivity contribution in [2.45, 2.75) is 19.9 Å². The van der Waals surface area contributed by atoms with Gasteiger partial charge in [-0.3, -0.25) is 5.10 Å². The molecule has 1 atom stereocenters. The number of para-hydroxylation sites is 2. The smallest absolute Gasteiger partial charge is 0.319 e. The van der Waals surface area contributed by atoms with Crippen LogP contribution in [-0.4, -0.2) is 27.8 Å². The number of hydrogen-bond donors (Lipinski definition) is 3. The van der Waals surface area contributed by atoms with E-state index in [1.807, 2.05) is 38.1 Å². The van der Waals surface area contributed by atoms with Crippen LogP contribution in [0.5, 0.6) is 5.75 Å². The minimum absolute atomic E-state index is 0.362. The Morgan fingerprint density at radius 3 is 2.70 bits per heavy atom. The van der Waals surface area contributed by atoms with Gasteiger partial charge in [-0.1, -0.05) is 23.7 Å². The van der Waals surface area contributed by atoms with Crippen LogP contribution in [0.2, 0.25) is 5.02 Å². The number of nitrogens with zero attached hydrogens (tertiary/aromatic N) is 2. The fraction of sp³-hybridized carbons (Fsp3) is 0.211. The number of hydrogen-bond acceptors (Lipinski definition) is 4. The monoisotopic (exact) mass is 385 g/mol. The first kappa shape index (κ1) is 18.7. The third-order valence-corrected chi connectivity index (χ3v) is 4.05. The quantitative estimate of drug-likeness (QED) is 0.586. The van der Waals surface area contributed by atoms with Gasteiger partial charge in [0.2, 0.25) is 0 Å². The minimum Gasteiger partial charge on any atom is -0.492 e. The number of nitrogens with one attached hydrogen (secondary N) is 3. The van der Waals surface area contributed by atoms with E-state index >= 15 is 0 Å². The van der Waals surface area contributed by atoms with Crippen molar-refractivity contribution in [3.63, 3.8) is 0 Å². The molecule has 8 heteroatoms. The van der Waals surface area contributed by atoms with Gasteiger partial charge in [0.05, 0.1) is 18.3 Å². The maximum atomic E-state index is 12.3. The number of amides is 2. The lowest BCUT2D eigenvalue weighted by Gasteiger charge is -2.14. The second-order valence-corrected chi connectivity index (χ2v) is 6.24. The van der Waals surface area contributed by atoms with E-state index in [9.17, 15) is 4.79 Å². The number of halogens is 1. The SMILES string of the molecule is CCOc1ccccc1NC(=O)N[C@@H](C)c1nc(-c2ccc(Cl)cc2)n[nH]1. The van der Waals surface area contributed by atoms with Crippen LogP contribution in [0.15, 0.2) is 48.5 Å². The first-order valence-electron chi connectivity index (χ1n) is 8.54. The molecule has 0 aliphatic rings. The van der Waals surface area contributed by atoms with Gasteiger partial charge < -0.3 is 15.4 Å². The summed E-state index contributed by atoms with van der Waals surface area (Å²) in [4.78, 5) is 16.8. The van der Waals surface area contributed by atoms with Crippen molar-refractivity contribution < 1.29 is 9.53 Å². The molecule has 0 radical (unpaired) electrons. The number of H-pyrrole nitrogens is 1. The molecule has 0 fully saturated rings. The van der Waals surface area contributed by atoms with Crippen molar-refractivity contribution in [1.82, 2.24) is 20.5 Å². The number of carbonyl (C=O) groups is 1. The summed E-state index contributed by atoms with van der Waals surface area (Å²) in [6.45, 7) is 4.23. The van der Waals surface area contributed by atoms with E-state index < -0.39 is 0 Å². The maximum absolute atomic E-state index is 12.3. The fourth-order valence-electron chi connectivity index (χ4n) is 2.47. The Hall–Kier alpha value is -3.06. The maximum Gasteiger partial charge on any atom is 0.319 e. The van der Waals surface area contributed by atoms with E-state index in [0.29, 0.717) is 34.7 Å². The minimum atomic E-state index is -0.363. The van der Waals surface area contributed by atoms with Gasteiger partial charge in [-0.05, 0) is 50.2 Å². The summed E-state index contributed by atoms with van der Waals surface area (Å²) in [7, 11) is 0. The van der Waals surface area contributed by atoms with Crippen molar-refractivity contribution in [1.29, 1.82) is 0 Å². The van der Waals surface area contributed by atoms with Gasteiger partial charge in [0.1, 0.15) is 11.6 Å². The Morgan fingerprint density at radius 2 is 1.96 bits per heavy atom. The molecule has 1 aromatic heterocycles. The fourth-order valence-corrected chi connectivity index (χ4v) is 2.60. The number of benzene rings is 2. The summed E-state index contributed by atoms with van der Waals surface area (Å²) >= 11 is 5.90. The lowest BCUT2D eigenvalue weighted by atomic mass is 10.2. The molecule has 0 unspecified atom stereocenters. The molecule has 7 nitrogen and oxygen atoms in total. The van der Waals surface area contributed by atoms with E-state index in [4.69, 9.17) is 16.3 Å². The van der Waals surface area contributed by atoms with Gasteiger partial charge in [-0.2, -0.15) is 5.10 Å². The summed E-state index contributed by atoms with van der Waals surface area (Å²) in [6, 6.07) is 13.8. The van der Waals surface area contributed by atoms with Gasteiger partial charge in [0.15, 0.2) is 5.82 Å². The predicted octanol–water partition coefficient (Wildman–Crippen LogP) is 4.41. The summed E-state index contributed by atoms with van der Waals surface area (Å²) in [5, 5.41) is 13.3. The summed E-state index contributed by atoms with van der Waals surface area (Å²) < 4.78 is 5.51. The number of anilines is 1. The van der Waals surface area contributed by atoms with Gasteiger partial charge in [0.25, 0.3) is 0 Å². The molecule has 140 valence electrons. The molecule has 0 spiro atoms. The van der Waals surface area contributed by atoms with E-state index in [1.54, 1.807) is 24.3 Å². The van der Waals surface area contributed by atoms with Crippen molar-refractivity contribution in [2.75, 3.05) is 11.9 Å². The molecular formula is C19H20ClN5O2. The highest BCUT2D eigenvalue weighted by Crippen LogP contribution is 2.24. The van der Waals surface area contributed by atoms with E-state index in [2.05, 4.69) is 25.8 Å². The van der Waals surface area contributed by atoms with Crippen LogP contribution in [0.25, 0.3) is 11.4 Å². The first-order chi connectivity index (χ1) is 13.1. The number of carbonyl (C=O) groups excluding carboxylic acids is 1. The molecule has 0 aliphatic heterocycles. The zero-order valence-electron chi connectivity index (χ0n) is 15.0. The third kappa shape index (κ3) is 4.77. The summed E-state index contributed by atoms with van der Waals surface area (Å²) in [6.07, 6.45) is 0. The molecule has 3 rings (SSSR count). The van der Waals surface area contributed by atoms with Crippen molar-refractivity contribution >= 4 is 23.3 Å². The van der Waals surface area contributed by atoms with Crippen LogP contribution in [0.4, 0.5) is 10.5 Å². The van der Waals surface area contributed by atoms with E-state index in [-0.39, 0.29) is 12.1 Å². The Morgan fingerprint density at radius 1 is 1.22 bits per heavy atom. The first-order valence-corrected chi connectivity index (χ1v) is 8.92. The highest BCUT2D eigenvalue weighted by atomic mass is 35.5. The molecule has 3 aromatic rings. The van der Waals surface area contributed by atoms with Crippen LogP contribution < -0.4 is 15.4 Å². The van der Waals surface area contributed by atoms with Crippen LogP contribution in [0, 0.1) is 0 Å². The van der Waals surface area contributed by atoms with Crippen LogP contribution in [0.3, 0.4) is 0 Å². The molecule has 0 saturated heterocycles. The number of aromatic amines is 1. The number of urea groups is 1. The zero-order chi connectivity index (χ0) is 19.2. The highest BCUT2D eigenvalue weighted by Gasteiger charge is 2.15. The van der Waals surface area contributed by atoms with Gasteiger partial charge >= 0.3 is 6.03 Å². The average molecular weight is 386 g/mol. The second kappa shape index (κ2) is 8.55. The van der Waals surface area contributed by atoms with Crippen LogP contribution >= 0.6 is 11.6 Å². The van der Waals surface area contributed by atoms with Gasteiger partial charge in [-0.15, -0.1) is 0 Å². The lowest BCUT2D eigenvalue weighted by Crippen LogP contribution is -2.31. The van der Waals surface area contributed by atoms with Gasteiger partial charge in [0, 0.05) is 10.6 Å². The topological polar surface area (TPSA) is 91.9 Å². The predicted molar refractivity (Wildman–Crippen MR) is 105 cm³/mol. The molecule has 27 heavy (non-hydrogen) atoms. The molecule has 0 aliphatic carbocycles. The average Bonchev–Trinajstić information content (AvgIpc) is 3.14. The summed E-state index contributed by atoms with van der Waals surface area (Å²) in [5.41, 5.74) is 1.44. The van der Waals surface area contributed by atoms with Crippen molar-refractivity contribution in [2.24, 2.45) is 0 Å². The molecule has 3 N–H and O–H groups in total.